The zero-order valence-corrected chi connectivity index (χ0v) is 15.6. The van der Waals surface area contributed by atoms with Crippen LogP contribution in [0, 0.1) is 0 Å². The topological polar surface area (TPSA) is 62.7 Å². The molecule has 1 spiro atoms. The number of ether oxygens (including phenoxy) is 1. The lowest BCUT2D eigenvalue weighted by molar-refractivity contribution is -0.133. The van der Waals surface area contributed by atoms with Crippen LogP contribution in [0.2, 0.25) is 0 Å². The molecule has 1 aliphatic heterocycles. The molecular formula is C21H23N3O3. The van der Waals surface area contributed by atoms with Gasteiger partial charge in [-0.05, 0) is 31.0 Å². The van der Waals surface area contributed by atoms with Crippen molar-refractivity contribution in [3.63, 3.8) is 0 Å². The third kappa shape index (κ3) is 2.59. The fourth-order valence-electron chi connectivity index (χ4n) is 4.40. The second kappa shape index (κ2) is 6.68. The van der Waals surface area contributed by atoms with Crippen LogP contribution in [0.3, 0.4) is 0 Å². The van der Waals surface area contributed by atoms with Crippen LogP contribution in [-0.2, 0) is 4.79 Å². The van der Waals surface area contributed by atoms with Crippen molar-refractivity contribution >= 4 is 11.9 Å². The summed E-state index contributed by atoms with van der Waals surface area (Å²) in [6.07, 6.45) is 5.02. The van der Waals surface area contributed by atoms with Gasteiger partial charge in [0.15, 0.2) is 0 Å². The molecule has 2 heterocycles. The highest BCUT2D eigenvalue weighted by Gasteiger charge is 2.58. The molecule has 3 amide bonds. The SMILES string of the molecule is COc1ccccc1C(c1ccccn1)N1C(=O)N(C)C2(CCCC2)C1=O. The molecular weight excluding hydrogens is 342 g/mol. The lowest BCUT2D eigenvalue weighted by atomic mass is 9.94. The second-order valence-corrected chi connectivity index (χ2v) is 7.15. The molecule has 4 rings (SSSR count). The first-order chi connectivity index (χ1) is 13.1. The molecule has 1 saturated heterocycles. The first-order valence-electron chi connectivity index (χ1n) is 9.25. The summed E-state index contributed by atoms with van der Waals surface area (Å²) in [5.74, 6) is 0.498. The van der Waals surface area contributed by atoms with E-state index in [1.165, 1.54) is 4.90 Å². The summed E-state index contributed by atoms with van der Waals surface area (Å²) in [6, 6.07) is 12.1. The predicted molar refractivity (Wildman–Crippen MR) is 100 cm³/mol. The lowest BCUT2D eigenvalue weighted by Crippen LogP contribution is -2.45. The highest BCUT2D eigenvalue weighted by atomic mass is 16.5. The third-order valence-corrected chi connectivity index (χ3v) is 5.84. The Bertz CT molecular complexity index is 862. The standard InChI is InChI=1S/C21H23N3O3/c1-23-20(26)24(19(25)21(23)12-6-7-13-21)18(16-10-5-8-14-22-16)15-9-3-4-11-17(15)27-2/h3-5,8-11,14,18H,6-7,12-13H2,1-2H3. The van der Waals surface area contributed by atoms with Gasteiger partial charge in [-0.25, -0.2) is 9.69 Å². The first kappa shape index (κ1) is 17.5. The zero-order valence-electron chi connectivity index (χ0n) is 15.6. The first-order valence-corrected chi connectivity index (χ1v) is 9.25. The lowest BCUT2D eigenvalue weighted by Gasteiger charge is -2.28. The molecule has 6 nitrogen and oxygen atoms in total. The number of amides is 3. The van der Waals surface area contributed by atoms with Gasteiger partial charge < -0.3 is 9.64 Å². The Morgan fingerprint density at radius 2 is 1.78 bits per heavy atom. The number of hydrogen-bond donors (Lipinski definition) is 0. The van der Waals surface area contributed by atoms with E-state index < -0.39 is 11.6 Å². The minimum absolute atomic E-state index is 0.131. The van der Waals surface area contributed by atoms with Crippen molar-refractivity contribution in [1.29, 1.82) is 0 Å². The van der Waals surface area contributed by atoms with Crippen LogP contribution in [0.25, 0.3) is 0 Å². The molecule has 6 heteroatoms. The summed E-state index contributed by atoms with van der Waals surface area (Å²) < 4.78 is 5.53. The number of carbonyl (C=O) groups excluding carboxylic acids is 2. The van der Waals surface area contributed by atoms with Gasteiger partial charge in [-0.2, -0.15) is 0 Å². The zero-order chi connectivity index (χ0) is 19.0. The van der Waals surface area contributed by atoms with Gasteiger partial charge in [-0.1, -0.05) is 37.1 Å². The average Bonchev–Trinajstić information content (AvgIpc) is 3.27. The van der Waals surface area contributed by atoms with E-state index in [-0.39, 0.29) is 11.9 Å². The van der Waals surface area contributed by atoms with Gasteiger partial charge in [0, 0.05) is 18.8 Å². The maximum atomic E-state index is 13.5. The number of nitrogens with zero attached hydrogens (tertiary/aromatic N) is 3. The molecule has 1 aliphatic carbocycles. The number of urea groups is 1. The van der Waals surface area contributed by atoms with Gasteiger partial charge in [0.2, 0.25) is 0 Å². The van der Waals surface area contributed by atoms with E-state index in [9.17, 15) is 9.59 Å². The maximum absolute atomic E-state index is 13.5. The third-order valence-electron chi connectivity index (χ3n) is 5.84. The molecule has 0 bridgehead atoms. The van der Waals surface area contributed by atoms with E-state index in [2.05, 4.69) is 4.98 Å². The van der Waals surface area contributed by atoms with Crippen LogP contribution in [0.1, 0.15) is 43.0 Å². The van der Waals surface area contributed by atoms with E-state index in [4.69, 9.17) is 4.74 Å². The normalized spacial score (nSPS) is 19.8. The predicted octanol–water partition coefficient (Wildman–Crippen LogP) is 3.39. The molecule has 2 aromatic rings. The fraction of sp³-hybridized carbons (Fsp3) is 0.381. The van der Waals surface area contributed by atoms with E-state index in [0.717, 1.165) is 18.4 Å². The van der Waals surface area contributed by atoms with E-state index >= 15 is 0 Å². The minimum Gasteiger partial charge on any atom is -0.496 e. The van der Waals surface area contributed by atoms with Gasteiger partial charge >= 0.3 is 6.03 Å². The number of para-hydroxylation sites is 1. The van der Waals surface area contributed by atoms with Crippen molar-refractivity contribution in [3.05, 3.63) is 59.9 Å². The number of methoxy groups -OCH3 is 1. The van der Waals surface area contributed by atoms with Crippen molar-refractivity contribution < 1.29 is 14.3 Å². The Hall–Kier alpha value is -2.89. The van der Waals surface area contributed by atoms with Gasteiger partial charge in [-0.15, -0.1) is 0 Å². The molecule has 2 fully saturated rings. The van der Waals surface area contributed by atoms with Crippen molar-refractivity contribution in [2.24, 2.45) is 0 Å². The Labute approximate surface area is 158 Å². The number of carbonyl (C=O) groups is 2. The van der Waals surface area contributed by atoms with Gasteiger partial charge in [-0.3, -0.25) is 9.78 Å². The molecule has 0 N–H and O–H groups in total. The summed E-state index contributed by atoms with van der Waals surface area (Å²) in [5, 5.41) is 0. The Morgan fingerprint density at radius 3 is 2.44 bits per heavy atom. The van der Waals surface area contributed by atoms with Gasteiger partial charge in [0.05, 0.1) is 12.8 Å². The van der Waals surface area contributed by atoms with Gasteiger partial charge in [0.25, 0.3) is 5.91 Å². The molecule has 2 aliphatic rings. The number of rotatable bonds is 4. The van der Waals surface area contributed by atoms with Crippen molar-refractivity contribution in [2.45, 2.75) is 37.3 Å². The number of aromatic nitrogens is 1. The molecule has 1 saturated carbocycles. The summed E-state index contributed by atoms with van der Waals surface area (Å²) in [6.45, 7) is 0. The fourth-order valence-corrected chi connectivity index (χ4v) is 4.40. The van der Waals surface area contributed by atoms with Crippen LogP contribution in [0.5, 0.6) is 5.75 Å². The van der Waals surface area contributed by atoms with Crippen molar-refractivity contribution in [2.75, 3.05) is 14.2 Å². The monoisotopic (exact) mass is 365 g/mol. The summed E-state index contributed by atoms with van der Waals surface area (Å²) in [5.41, 5.74) is 0.683. The molecule has 27 heavy (non-hydrogen) atoms. The van der Waals surface area contributed by atoms with E-state index in [1.54, 1.807) is 25.3 Å². The Balaban J connectivity index is 1.87. The van der Waals surface area contributed by atoms with Crippen molar-refractivity contribution in [1.82, 2.24) is 14.8 Å². The Kier molecular flexibility index (Phi) is 4.34. The van der Waals surface area contributed by atoms with Crippen LogP contribution in [-0.4, -0.2) is 46.4 Å². The molecule has 1 aromatic carbocycles. The summed E-state index contributed by atoms with van der Waals surface area (Å²) >= 11 is 0. The summed E-state index contributed by atoms with van der Waals surface area (Å²) in [4.78, 5) is 34.2. The molecule has 1 atom stereocenters. The second-order valence-electron chi connectivity index (χ2n) is 7.15. The van der Waals surface area contributed by atoms with Crippen LogP contribution < -0.4 is 4.74 Å². The molecule has 0 radical (unpaired) electrons. The molecule has 1 aromatic heterocycles. The highest BCUT2D eigenvalue weighted by Crippen LogP contribution is 2.45. The number of hydrogen-bond acceptors (Lipinski definition) is 4. The van der Waals surface area contributed by atoms with Crippen LogP contribution >= 0.6 is 0 Å². The Morgan fingerprint density at radius 1 is 1.07 bits per heavy atom. The van der Waals surface area contributed by atoms with E-state index in [0.29, 0.717) is 24.3 Å². The van der Waals surface area contributed by atoms with Crippen molar-refractivity contribution in [3.8, 4) is 5.75 Å². The molecule has 140 valence electrons. The number of pyridine rings is 1. The minimum atomic E-state index is -0.716. The largest absolute Gasteiger partial charge is 0.496 e. The highest BCUT2D eigenvalue weighted by molar-refractivity contribution is 6.07. The maximum Gasteiger partial charge on any atom is 0.328 e. The van der Waals surface area contributed by atoms with E-state index in [1.807, 2.05) is 42.5 Å². The quantitative estimate of drug-likeness (QED) is 0.779. The summed E-state index contributed by atoms with van der Waals surface area (Å²) in [7, 11) is 3.33. The number of imide groups is 1. The van der Waals surface area contributed by atoms with Gasteiger partial charge in [0.1, 0.15) is 17.3 Å². The molecule has 1 unspecified atom stereocenters. The number of likely N-dealkylation sites (N-methyl/N-ethyl adjacent to an activating group) is 1. The van der Waals surface area contributed by atoms with Crippen LogP contribution in [0.4, 0.5) is 4.79 Å². The smallest absolute Gasteiger partial charge is 0.328 e. The average molecular weight is 365 g/mol. The number of benzene rings is 1. The van der Waals surface area contributed by atoms with Crippen LogP contribution in [0.15, 0.2) is 48.7 Å².